The molecule has 0 radical (unpaired) electrons. The fourth-order valence-electron chi connectivity index (χ4n) is 2.14. The first-order valence-corrected chi connectivity index (χ1v) is 9.51. The lowest BCUT2D eigenvalue weighted by Crippen LogP contribution is -2.39. The highest BCUT2D eigenvalue weighted by Gasteiger charge is 2.24. The van der Waals surface area contributed by atoms with Crippen molar-refractivity contribution in [1.82, 2.24) is 4.31 Å². The molecule has 0 unspecified atom stereocenters. The summed E-state index contributed by atoms with van der Waals surface area (Å²) in [5, 5.41) is 0. The molecule has 1 amide bonds. The summed E-state index contributed by atoms with van der Waals surface area (Å²) in [5.74, 6) is -0.307. The minimum atomic E-state index is -3.69. The van der Waals surface area contributed by atoms with Crippen LogP contribution in [0.1, 0.15) is 5.56 Å². The van der Waals surface area contributed by atoms with E-state index in [1.54, 1.807) is 31.3 Å². The molecule has 0 atom stereocenters. The maximum atomic E-state index is 12.5. The van der Waals surface area contributed by atoms with Crippen LogP contribution in [0.25, 0.3) is 0 Å². The molecule has 0 spiro atoms. The Morgan fingerprint density at radius 3 is 2.29 bits per heavy atom. The van der Waals surface area contributed by atoms with E-state index in [4.69, 9.17) is 0 Å². The average Bonchev–Trinajstić information content (AvgIpc) is 2.57. The number of likely N-dealkylation sites (N-methyl/N-ethyl adjacent to an activating group) is 2. The summed E-state index contributed by atoms with van der Waals surface area (Å²) in [4.78, 5) is 14.1. The third-order valence-electron chi connectivity index (χ3n) is 3.71. The highest BCUT2D eigenvalue weighted by Crippen LogP contribution is 2.22. The van der Waals surface area contributed by atoms with Crippen molar-refractivity contribution < 1.29 is 13.2 Å². The second kappa shape index (κ2) is 7.46. The third-order valence-corrected chi connectivity index (χ3v) is 6.42. The minimum absolute atomic E-state index is 0.169. The van der Waals surface area contributed by atoms with Gasteiger partial charge in [0.25, 0.3) is 0 Å². The van der Waals surface area contributed by atoms with E-state index in [1.165, 1.54) is 24.1 Å². The molecule has 0 N–H and O–H groups in total. The van der Waals surface area contributed by atoms with Gasteiger partial charge in [-0.3, -0.25) is 4.79 Å². The van der Waals surface area contributed by atoms with Gasteiger partial charge in [0.05, 0.1) is 11.4 Å². The number of nitrogens with zero attached hydrogens (tertiary/aromatic N) is 2. The van der Waals surface area contributed by atoms with Crippen LogP contribution in [0, 0.1) is 6.92 Å². The second-order valence-electron chi connectivity index (χ2n) is 5.46. The number of carbonyl (C=O) groups is 1. The van der Waals surface area contributed by atoms with E-state index in [0.29, 0.717) is 5.69 Å². The zero-order valence-corrected chi connectivity index (χ0v) is 16.1. The van der Waals surface area contributed by atoms with Crippen LogP contribution < -0.4 is 4.90 Å². The van der Waals surface area contributed by atoms with Gasteiger partial charge in [-0.2, -0.15) is 4.31 Å². The van der Waals surface area contributed by atoms with E-state index in [0.717, 1.165) is 14.3 Å². The fraction of sp³-hybridized carbons (Fsp3) is 0.235. The molecule has 0 saturated carbocycles. The monoisotopic (exact) mass is 410 g/mol. The smallest absolute Gasteiger partial charge is 0.243 e. The zero-order valence-electron chi connectivity index (χ0n) is 13.7. The maximum Gasteiger partial charge on any atom is 0.243 e. The van der Waals surface area contributed by atoms with Crippen LogP contribution in [0.15, 0.2) is 57.9 Å². The summed E-state index contributed by atoms with van der Waals surface area (Å²) < 4.78 is 27.0. The minimum Gasteiger partial charge on any atom is -0.314 e. The van der Waals surface area contributed by atoms with Gasteiger partial charge in [-0.05, 0) is 42.8 Å². The first-order valence-electron chi connectivity index (χ1n) is 7.27. The van der Waals surface area contributed by atoms with E-state index in [1.807, 2.05) is 19.1 Å². The van der Waals surface area contributed by atoms with Crippen molar-refractivity contribution in [3.05, 3.63) is 58.6 Å². The maximum absolute atomic E-state index is 12.5. The molecule has 0 heterocycles. The summed E-state index contributed by atoms with van der Waals surface area (Å²) in [7, 11) is -0.650. The Labute approximate surface area is 151 Å². The van der Waals surface area contributed by atoms with Crippen molar-refractivity contribution in [3.8, 4) is 0 Å². The fourth-order valence-corrected chi connectivity index (χ4v) is 3.52. The SMILES string of the molecule is Cc1cc(N(C)C(=O)CN(C)S(=O)(=O)c2ccccc2)ccc1Br. The van der Waals surface area contributed by atoms with E-state index >= 15 is 0 Å². The van der Waals surface area contributed by atoms with Crippen molar-refractivity contribution in [2.24, 2.45) is 0 Å². The third kappa shape index (κ3) is 4.03. The standard InChI is InChI=1S/C17H19BrN2O3S/c1-13-11-14(9-10-16(13)18)20(3)17(21)12-19(2)24(22,23)15-7-5-4-6-8-15/h4-11H,12H2,1-3H3. The lowest BCUT2D eigenvalue weighted by Gasteiger charge is -2.22. The molecule has 128 valence electrons. The number of rotatable bonds is 5. The van der Waals surface area contributed by atoms with Crippen LogP contribution >= 0.6 is 15.9 Å². The quantitative estimate of drug-likeness (QED) is 0.760. The van der Waals surface area contributed by atoms with Crippen LogP contribution in [0.4, 0.5) is 5.69 Å². The van der Waals surface area contributed by atoms with Crippen molar-refractivity contribution >= 4 is 37.5 Å². The van der Waals surface area contributed by atoms with Gasteiger partial charge in [-0.1, -0.05) is 34.1 Å². The molecule has 7 heteroatoms. The van der Waals surface area contributed by atoms with Crippen LogP contribution in [0.3, 0.4) is 0 Å². The molecule has 0 saturated heterocycles. The van der Waals surface area contributed by atoms with Gasteiger partial charge >= 0.3 is 0 Å². The van der Waals surface area contributed by atoms with E-state index in [2.05, 4.69) is 15.9 Å². The molecule has 0 bridgehead atoms. The molecule has 24 heavy (non-hydrogen) atoms. The summed E-state index contributed by atoms with van der Waals surface area (Å²) >= 11 is 3.42. The number of aryl methyl sites for hydroxylation is 1. The highest BCUT2D eigenvalue weighted by atomic mass is 79.9. The molecule has 0 aliphatic rings. The Hall–Kier alpha value is -1.70. The number of carbonyl (C=O) groups excluding carboxylic acids is 1. The lowest BCUT2D eigenvalue weighted by molar-refractivity contribution is -0.118. The number of hydrogen-bond acceptors (Lipinski definition) is 3. The molecular weight excluding hydrogens is 392 g/mol. The molecular formula is C17H19BrN2O3S. The van der Waals surface area contributed by atoms with Crippen LogP contribution in [0.2, 0.25) is 0 Å². The van der Waals surface area contributed by atoms with Crippen molar-refractivity contribution in [2.75, 3.05) is 25.5 Å². The van der Waals surface area contributed by atoms with Crippen LogP contribution in [-0.2, 0) is 14.8 Å². The predicted molar refractivity (Wildman–Crippen MR) is 98.5 cm³/mol. The number of sulfonamides is 1. The zero-order chi connectivity index (χ0) is 17.9. The summed E-state index contributed by atoms with van der Waals surface area (Å²) in [6.07, 6.45) is 0. The van der Waals surface area contributed by atoms with Crippen LogP contribution in [-0.4, -0.2) is 39.3 Å². The Bertz CT molecular complexity index is 838. The first kappa shape index (κ1) is 18.6. The Kier molecular flexibility index (Phi) is 5.79. The Morgan fingerprint density at radius 1 is 1.08 bits per heavy atom. The van der Waals surface area contributed by atoms with Crippen molar-refractivity contribution in [3.63, 3.8) is 0 Å². The molecule has 5 nitrogen and oxygen atoms in total. The second-order valence-corrected chi connectivity index (χ2v) is 8.36. The number of halogens is 1. The van der Waals surface area contributed by atoms with E-state index in [9.17, 15) is 13.2 Å². The number of benzene rings is 2. The summed E-state index contributed by atoms with van der Waals surface area (Å²) in [5.41, 5.74) is 1.71. The summed E-state index contributed by atoms with van der Waals surface area (Å²) in [6, 6.07) is 13.6. The Morgan fingerprint density at radius 2 is 1.71 bits per heavy atom. The number of hydrogen-bond donors (Lipinski definition) is 0. The molecule has 2 rings (SSSR count). The van der Waals surface area contributed by atoms with Gasteiger partial charge < -0.3 is 4.90 Å². The van der Waals surface area contributed by atoms with Gasteiger partial charge in [0.1, 0.15) is 0 Å². The first-order chi connectivity index (χ1) is 11.2. The Balaban J connectivity index is 2.15. The number of anilines is 1. The lowest BCUT2D eigenvalue weighted by atomic mass is 10.2. The summed E-state index contributed by atoms with van der Waals surface area (Å²) in [6.45, 7) is 1.70. The van der Waals surface area contributed by atoms with Gasteiger partial charge in [0.15, 0.2) is 0 Å². The van der Waals surface area contributed by atoms with Crippen molar-refractivity contribution in [1.29, 1.82) is 0 Å². The van der Waals surface area contributed by atoms with E-state index in [-0.39, 0.29) is 17.3 Å². The van der Waals surface area contributed by atoms with Gasteiger partial charge in [0.2, 0.25) is 15.9 Å². The predicted octanol–water partition coefficient (Wildman–Crippen LogP) is 3.04. The molecule has 0 fully saturated rings. The molecule has 0 aromatic heterocycles. The van der Waals surface area contributed by atoms with Gasteiger partial charge in [-0.25, -0.2) is 8.42 Å². The molecule has 0 aliphatic heterocycles. The van der Waals surface area contributed by atoms with Gasteiger partial charge in [-0.15, -0.1) is 0 Å². The van der Waals surface area contributed by atoms with E-state index < -0.39 is 10.0 Å². The normalized spacial score (nSPS) is 11.5. The van der Waals surface area contributed by atoms with Crippen molar-refractivity contribution in [2.45, 2.75) is 11.8 Å². The van der Waals surface area contributed by atoms with Gasteiger partial charge in [0, 0.05) is 24.3 Å². The largest absolute Gasteiger partial charge is 0.314 e. The average molecular weight is 411 g/mol. The molecule has 2 aromatic carbocycles. The molecule has 0 aliphatic carbocycles. The highest BCUT2D eigenvalue weighted by molar-refractivity contribution is 9.10. The topological polar surface area (TPSA) is 57.7 Å². The molecule has 2 aromatic rings. The van der Waals surface area contributed by atoms with Crippen LogP contribution in [0.5, 0.6) is 0 Å². The number of amides is 1.